The SMILES string of the molecule is Oc1[nH]c(=S)sc1C=C1C=Nc2ncccc21. The van der Waals surface area contributed by atoms with E-state index in [-0.39, 0.29) is 5.88 Å². The van der Waals surface area contributed by atoms with Gasteiger partial charge in [0.25, 0.3) is 0 Å². The van der Waals surface area contributed by atoms with Gasteiger partial charge in [0.05, 0.1) is 4.88 Å². The second-order valence-electron chi connectivity index (χ2n) is 3.46. The van der Waals surface area contributed by atoms with Crippen molar-refractivity contribution >= 4 is 47.2 Å². The summed E-state index contributed by atoms with van der Waals surface area (Å²) in [7, 11) is 0. The molecular weight excluding hydrogens is 254 g/mol. The zero-order valence-electron chi connectivity index (χ0n) is 8.54. The lowest BCUT2D eigenvalue weighted by Crippen LogP contribution is -1.80. The Kier molecular flexibility index (Phi) is 2.38. The second-order valence-corrected chi connectivity index (χ2v) is 5.18. The van der Waals surface area contributed by atoms with E-state index in [2.05, 4.69) is 15.0 Å². The van der Waals surface area contributed by atoms with Crippen molar-refractivity contribution in [3.63, 3.8) is 0 Å². The summed E-state index contributed by atoms with van der Waals surface area (Å²) in [5.41, 5.74) is 1.89. The number of aromatic hydroxyl groups is 1. The first-order valence-electron chi connectivity index (χ1n) is 4.87. The summed E-state index contributed by atoms with van der Waals surface area (Å²) in [5.74, 6) is 0.801. The van der Waals surface area contributed by atoms with Crippen molar-refractivity contribution in [1.29, 1.82) is 0 Å². The summed E-state index contributed by atoms with van der Waals surface area (Å²) in [6, 6.07) is 3.81. The van der Waals surface area contributed by atoms with Crippen LogP contribution in [0.25, 0.3) is 11.6 Å². The summed E-state index contributed by atoms with van der Waals surface area (Å²) in [6.07, 6.45) is 5.29. The van der Waals surface area contributed by atoms with Crippen molar-refractivity contribution < 1.29 is 5.11 Å². The van der Waals surface area contributed by atoms with E-state index < -0.39 is 0 Å². The van der Waals surface area contributed by atoms with Crippen LogP contribution < -0.4 is 0 Å². The molecule has 2 N–H and O–H groups in total. The Balaban J connectivity index is 2.11. The zero-order valence-corrected chi connectivity index (χ0v) is 10.2. The fourth-order valence-corrected chi connectivity index (χ4v) is 2.66. The molecular formula is C11H7N3OS2. The number of allylic oxidation sites excluding steroid dienone is 1. The van der Waals surface area contributed by atoms with E-state index in [1.165, 1.54) is 11.3 Å². The maximum Gasteiger partial charge on any atom is 0.207 e. The number of nitrogens with zero attached hydrogens (tertiary/aromatic N) is 2. The van der Waals surface area contributed by atoms with E-state index in [1.807, 2.05) is 18.2 Å². The van der Waals surface area contributed by atoms with Crippen LogP contribution in [0.2, 0.25) is 0 Å². The molecule has 0 bridgehead atoms. The zero-order chi connectivity index (χ0) is 11.8. The number of nitrogens with one attached hydrogen (secondary N) is 1. The van der Waals surface area contributed by atoms with Crippen LogP contribution in [0, 0.1) is 3.95 Å². The molecule has 17 heavy (non-hydrogen) atoms. The van der Waals surface area contributed by atoms with Gasteiger partial charge in [0, 0.05) is 23.5 Å². The molecule has 0 aromatic carbocycles. The van der Waals surface area contributed by atoms with Gasteiger partial charge in [0.1, 0.15) is 0 Å². The molecule has 1 aliphatic heterocycles. The third-order valence-electron chi connectivity index (χ3n) is 2.37. The fraction of sp³-hybridized carbons (Fsp3) is 0. The van der Waals surface area contributed by atoms with E-state index in [0.29, 0.717) is 14.6 Å². The lowest BCUT2D eigenvalue weighted by Gasteiger charge is -1.96. The maximum atomic E-state index is 9.62. The maximum absolute atomic E-state index is 9.62. The van der Waals surface area contributed by atoms with Gasteiger partial charge in [-0.3, -0.25) is 0 Å². The Labute approximate surface area is 106 Å². The van der Waals surface area contributed by atoms with Crippen LogP contribution in [0.3, 0.4) is 0 Å². The standard InChI is InChI=1S/C11H7N3OS2/c15-10-8(17-11(16)14-10)4-6-5-13-9-7(6)2-1-3-12-9/h1-5,15H,(H,14,16). The van der Waals surface area contributed by atoms with Gasteiger partial charge < -0.3 is 10.1 Å². The summed E-state index contributed by atoms with van der Waals surface area (Å²) >= 11 is 6.29. The van der Waals surface area contributed by atoms with Crippen LogP contribution in [0.1, 0.15) is 10.4 Å². The number of H-pyrrole nitrogens is 1. The number of hydrogen-bond donors (Lipinski definition) is 2. The average molecular weight is 261 g/mol. The van der Waals surface area contributed by atoms with Crippen LogP contribution >= 0.6 is 23.6 Å². The van der Waals surface area contributed by atoms with Gasteiger partial charge in [-0.15, -0.1) is 11.3 Å². The number of aromatic amines is 1. The third kappa shape index (κ3) is 1.81. The number of thiazole rings is 1. The van der Waals surface area contributed by atoms with E-state index >= 15 is 0 Å². The number of fused-ring (bicyclic) bond motifs is 1. The molecule has 84 valence electrons. The van der Waals surface area contributed by atoms with Gasteiger partial charge in [-0.05, 0) is 30.4 Å². The molecule has 2 aromatic heterocycles. The first-order chi connectivity index (χ1) is 8.24. The number of aliphatic imine (C=N–C) groups is 1. The smallest absolute Gasteiger partial charge is 0.207 e. The molecule has 4 nitrogen and oxygen atoms in total. The van der Waals surface area contributed by atoms with Gasteiger partial charge in [-0.2, -0.15) is 0 Å². The second kappa shape index (κ2) is 3.90. The highest BCUT2D eigenvalue weighted by Crippen LogP contribution is 2.33. The summed E-state index contributed by atoms with van der Waals surface area (Å²) < 4.78 is 0.552. The fourth-order valence-electron chi connectivity index (χ4n) is 1.61. The molecule has 2 aromatic rings. The topological polar surface area (TPSA) is 61.3 Å². The summed E-state index contributed by atoms with van der Waals surface area (Å²) in [5, 5.41) is 9.62. The molecule has 1 aliphatic rings. The van der Waals surface area contributed by atoms with Gasteiger partial charge in [-0.1, -0.05) is 0 Å². The molecule has 3 rings (SSSR count). The number of aromatic nitrogens is 2. The number of rotatable bonds is 1. The molecule has 0 atom stereocenters. The van der Waals surface area contributed by atoms with Gasteiger partial charge >= 0.3 is 0 Å². The van der Waals surface area contributed by atoms with E-state index in [9.17, 15) is 5.11 Å². The molecule has 0 aliphatic carbocycles. The highest BCUT2D eigenvalue weighted by molar-refractivity contribution is 7.73. The minimum Gasteiger partial charge on any atom is -0.494 e. The Morgan fingerprint density at radius 2 is 2.35 bits per heavy atom. The van der Waals surface area contributed by atoms with Gasteiger partial charge in [0.15, 0.2) is 9.77 Å². The van der Waals surface area contributed by atoms with Crippen molar-refractivity contribution in [3.05, 3.63) is 32.7 Å². The van der Waals surface area contributed by atoms with E-state index in [4.69, 9.17) is 12.2 Å². The Morgan fingerprint density at radius 3 is 3.12 bits per heavy atom. The lowest BCUT2D eigenvalue weighted by atomic mass is 10.1. The quantitative estimate of drug-likeness (QED) is 0.775. The number of hydrogen-bond acceptors (Lipinski definition) is 5. The van der Waals surface area contributed by atoms with E-state index in [0.717, 1.165) is 11.1 Å². The van der Waals surface area contributed by atoms with Crippen molar-refractivity contribution in [2.75, 3.05) is 0 Å². The largest absolute Gasteiger partial charge is 0.494 e. The predicted molar refractivity (Wildman–Crippen MR) is 71.4 cm³/mol. The Morgan fingerprint density at radius 1 is 1.47 bits per heavy atom. The minimum absolute atomic E-state index is 0.0956. The van der Waals surface area contributed by atoms with Crippen LogP contribution in [-0.4, -0.2) is 21.3 Å². The Hall–Kier alpha value is -1.79. The van der Waals surface area contributed by atoms with Crippen molar-refractivity contribution in [3.8, 4) is 5.88 Å². The molecule has 0 amide bonds. The van der Waals surface area contributed by atoms with Crippen molar-refractivity contribution in [1.82, 2.24) is 9.97 Å². The van der Waals surface area contributed by atoms with Crippen LogP contribution in [0.5, 0.6) is 5.88 Å². The minimum atomic E-state index is 0.0956. The highest BCUT2D eigenvalue weighted by atomic mass is 32.1. The molecule has 0 saturated heterocycles. The Bertz CT molecular complexity index is 697. The average Bonchev–Trinajstić information content (AvgIpc) is 2.85. The van der Waals surface area contributed by atoms with E-state index in [1.54, 1.807) is 12.4 Å². The molecule has 0 saturated carbocycles. The highest BCUT2D eigenvalue weighted by Gasteiger charge is 2.13. The molecule has 0 radical (unpaired) electrons. The summed E-state index contributed by atoms with van der Waals surface area (Å²) in [4.78, 5) is 11.7. The van der Waals surface area contributed by atoms with Gasteiger partial charge in [0.2, 0.25) is 5.88 Å². The normalized spacial score (nSPS) is 15.4. The van der Waals surface area contributed by atoms with Crippen molar-refractivity contribution in [2.24, 2.45) is 4.99 Å². The first-order valence-corrected chi connectivity index (χ1v) is 6.10. The summed E-state index contributed by atoms with van der Waals surface area (Å²) in [6.45, 7) is 0. The molecule has 6 heteroatoms. The monoisotopic (exact) mass is 261 g/mol. The third-order valence-corrected chi connectivity index (χ3v) is 3.54. The van der Waals surface area contributed by atoms with Crippen LogP contribution in [0.4, 0.5) is 5.82 Å². The first kappa shape index (κ1) is 10.4. The molecule has 3 heterocycles. The molecule has 0 fully saturated rings. The number of pyridine rings is 1. The molecule has 0 unspecified atom stereocenters. The van der Waals surface area contributed by atoms with Crippen LogP contribution in [-0.2, 0) is 0 Å². The van der Waals surface area contributed by atoms with Gasteiger partial charge in [-0.25, -0.2) is 9.98 Å². The van der Waals surface area contributed by atoms with Crippen molar-refractivity contribution in [2.45, 2.75) is 0 Å². The van der Waals surface area contributed by atoms with Crippen LogP contribution in [0.15, 0.2) is 23.3 Å². The predicted octanol–water partition coefficient (Wildman–Crippen LogP) is 3.16. The lowest BCUT2D eigenvalue weighted by molar-refractivity contribution is 0.456. The molecule has 0 spiro atoms.